The van der Waals surface area contributed by atoms with Crippen molar-refractivity contribution in [3.8, 4) is 0 Å². The van der Waals surface area contributed by atoms with Crippen LogP contribution in [0.25, 0.3) is 0 Å². The van der Waals surface area contributed by atoms with Crippen molar-refractivity contribution >= 4 is 11.3 Å². The summed E-state index contributed by atoms with van der Waals surface area (Å²) in [4.78, 5) is 4.93. The van der Waals surface area contributed by atoms with Gasteiger partial charge in [-0.3, -0.25) is 0 Å². The minimum atomic E-state index is 0.0725. The van der Waals surface area contributed by atoms with Gasteiger partial charge in [-0.2, -0.15) is 0 Å². The molecule has 102 valence electrons. The first-order chi connectivity index (χ1) is 8.43. The van der Waals surface area contributed by atoms with Crippen molar-refractivity contribution in [1.82, 2.24) is 10.3 Å². The highest BCUT2D eigenvalue weighted by Crippen LogP contribution is 2.50. The molecule has 2 nitrogen and oxygen atoms in total. The quantitative estimate of drug-likeness (QED) is 0.883. The molecular formula is C15H26N2S. The van der Waals surface area contributed by atoms with E-state index in [-0.39, 0.29) is 11.0 Å². The van der Waals surface area contributed by atoms with E-state index < -0.39 is 0 Å². The molecule has 1 aliphatic carbocycles. The highest BCUT2D eigenvalue weighted by molar-refractivity contribution is 7.09. The Kier molecular flexibility index (Phi) is 3.84. The Morgan fingerprint density at radius 2 is 1.94 bits per heavy atom. The molecule has 0 bridgehead atoms. The third-order valence-corrected chi connectivity index (χ3v) is 5.69. The number of hydrogen-bond acceptors (Lipinski definition) is 3. The molecule has 1 atom stereocenters. The van der Waals surface area contributed by atoms with Gasteiger partial charge in [-0.1, -0.05) is 40.5 Å². The van der Waals surface area contributed by atoms with Crippen LogP contribution in [0.2, 0.25) is 0 Å². The minimum absolute atomic E-state index is 0.0725. The molecule has 0 aromatic carbocycles. The highest BCUT2D eigenvalue weighted by atomic mass is 32.1. The largest absolute Gasteiger partial charge is 0.308 e. The molecule has 18 heavy (non-hydrogen) atoms. The monoisotopic (exact) mass is 266 g/mol. The predicted octanol–water partition coefficient (Wildman–Crippen LogP) is 4.28. The molecule has 1 fully saturated rings. The molecule has 3 heteroatoms. The van der Waals surface area contributed by atoms with E-state index in [0.717, 1.165) is 0 Å². The number of aromatic nitrogens is 1. The van der Waals surface area contributed by atoms with Gasteiger partial charge < -0.3 is 5.32 Å². The summed E-state index contributed by atoms with van der Waals surface area (Å²) in [7, 11) is 2.10. The van der Waals surface area contributed by atoms with Crippen LogP contribution >= 0.6 is 11.3 Å². The molecule has 0 radical (unpaired) electrons. The lowest BCUT2D eigenvalue weighted by molar-refractivity contribution is 0.0665. The van der Waals surface area contributed by atoms with Crippen LogP contribution in [-0.4, -0.2) is 12.0 Å². The summed E-state index contributed by atoms with van der Waals surface area (Å²) in [6.45, 7) is 9.21. The molecule has 0 spiro atoms. The molecule has 0 aliphatic heterocycles. The van der Waals surface area contributed by atoms with Gasteiger partial charge in [0.2, 0.25) is 0 Å². The van der Waals surface area contributed by atoms with E-state index in [1.807, 2.05) is 11.3 Å². The molecule has 1 heterocycles. The van der Waals surface area contributed by atoms with Crippen molar-refractivity contribution in [3.63, 3.8) is 0 Å². The third-order valence-electron chi connectivity index (χ3n) is 4.66. The smallest absolute Gasteiger partial charge is 0.114 e. The summed E-state index contributed by atoms with van der Waals surface area (Å²) in [6.07, 6.45) is 5.14. The van der Waals surface area contributed by atoms with Crippen LogP contribution in [0.3, 0.4) is 0 Å². The molecule has 1 unspecified atom stereocenters. The Morgan fingerprint density at radius 1 is 1.28 bits per heavy atom. The van der Waals surface area contributed by atoms with Gasteiger partial charge in [0.15, 0.2) is 0 Å². The molecule has 1 saturated carbocycles. The number of nitrogens with one attached hydrogen (secondary N) is 1. The number of rotatable bonds is 3. The Balaban J connectivity index is 2.41. The summed E-state index contributed by atoms with van der Waals surface area (Å²) in [5, 5.41) is 7.15. The molecule has 1 aromatic rings. The van der Waals surface area contributed by atoms with E-state index in [1.165, 1.54) is 36.4 Å². The highest BCUT2D eigenvalue weighted by Gasteiger charge is 2.48. The van der Waals surface area contributed by atoms with Crippen LogP contribution in [0.15, 0.2) is 5.38 Å². The van der Waals surface area contributed by atoms with Crippen LogP contribution < -0.4 is 5.32 Å². The fourth-order valence-electron chi connectivity index (χ4n) is 3.22. The van der Waals surface area contributed by atoms with E-state index >= 15 is 0 Å². The molecule has 1 aromatic heterocycles. The zero-order valence-corrected chi connectivity index (χ0v) is 13.2. The second kappa shape index (κ2) is 4.93. The van der Waals surface area contributed by atoms with Crippen LogP contribution in [0.1, 0.15) is 70.0 Å². The van der Waals surface area contributed by atoms with Gasteiger partial charge >= 0.3 is 0 Å². The van der Waals surface area contributed by atoms with Gasteiger partial charge in [0, 0.05) is 5.38 Å². The van der Waals surface area contributed by atoms with Gasteiger partial charge in [-0.05, 0) is 31.2 Å². The van der Waals surface area contributed by atoms with Gasteiger partial charge in [0.1, 0.15) is 5.01 Å². The SMILES string of the molecule is CNC1(c2nc(C(C)C)cs2)CCCCC1(C)C. The normalized spacial score (nSPS) is 27.7. The maximum atomic E-state index is 4.93. The maximum Gasteiger partial charge on any atom is 0.114 e. The molecule has 2 rings (SSSR count). The van der Waals surface area contributed by atoms with Gasteiger partial charge in [0.25, 0.3) is 0 Å². The summed E-state index contributed by atoms with van der Waals surface area (Å²) < 4.78 is 0. The topological polar surface area (TPSA) is 24.9 Å². The zero-order chi connectivity index (χ0) is 13.4. The van der Waals surface area contributed by atoms with E-state index in [2.05, 4.69) is 45.4 Å². The lowest BCUT2D eigenvalue weighted by Gasteiger charge is -2.49. The summed E-state index contributed by atoms with van der Waals surface area (Å²) in [5.74, 6) is 0.524. The minimum Gasteiger partial charge on any atom is -0.308 e. The van der Waals surface area contributed by atoms with Crippen LogP contribution in [-0.2, 0) is 5.54 Å². The first kappa shape index (κ1) is 14.0. The van der Waals surface area contributed by atoms with E-state index in [0.29, 0.717) is 5.92 Å². The maximum absolute atomic E-state index is 4.93. The van der Waals surface area contributed by atoms with Crippen molar-refractivity contribution in [2.75, 3.05) is 7.05 Å². The Labute approximate surface area is 115 Å². The van der Waals surface area contributed by atoms with Crippen LogP contribution in [0.4, 0.5) is 0 Å². The third kappa shape index (κ3) is 2.12. The molecule has 1 aliphatic rings. The van der Waals surface area contributed by atoms with Crippen molar-refractivity contribution < 1.29 is 0 Å². The molecule has 0 amide bonds. The average molecular weight is 266 g/mol. The van der Waals surface area contributed by atoms with E-state index in [4.69, 9.17) is 4.98 Å². The number of hydrogen-bond donors (Lipinski definition) is 1. The zero-order valence-electron chi connectivity index (χ0n) is 12.3. The molecule has 0 saturated heterocycles. The first-order valence-corrected chi connectivity index (χ1v) is 7.96. The van der Waals surface area contributed by atoms with Crippen molar-refractivity contribution in [1.29, 1.82) is 0 Å². The van der Waals surface area contributed by atoms with E-state index in [9.17, 15) is 0 Å². The first-order valence-electron chi connectivity index (χ1n) is 7.08. The fourth-order valence-corrected chi connectivity index (χ4v) is 4.62. The van der Waals surface area contributed by atoms with Crippen LogP contribution in [0.5, 0.6) is 0 Å². The van der Waals surface area contributed by atoms with Crippen molar-refractivity contribution in [2.45, 2.75) is 64.8 Å². The molecule has 1 N–H and O–H groups in total. The summed E-state index contributed by atoms with van der Waals surface area (Å²) in [5.41, 5.74) is 1.60. The van der Waals surface area contributed by atoms with Gasteiger partial charge in [0.05, 0.1) is 11.2 Å². The predicted molar refractivity (Wildman–Crippen MR) is 79.2 cm³/mol. The van der Waals surface area contributed by atoms with Crippen molar-refractivity contribution in [2.24, 2.45) is 5.41 Å². The summed E-state index contributed by atoms with van der Waals surface area (Å²) in [6, 6.07) is 0. The second-order valence-corrected chi connectivity index (χ2v) is 7.34. The number of thiazole rings is 1. The lowest BCUT2D eigenvalue weighted by Crippen LogP contribution is -2.53. The van der Waals surface area contributed by atoms with Gasteiger partial charge in [-0.15, -0.1) is 11.3 Å². The number of nitrogens with zero attached hydrogens (tertiary/aromatic N) is 1. The average Bonchev–Trinajstić information content (AvgIpc) is 2.79. The Morgan fingerprint density at radius 3 is 2.44 bits per heavy atom. The Hall–Kier alpha value is -0.410. The second-order valence-electron chi connectivity index (χ2n) is 6.48. The Bertz CT molecular complexity index is 408. The van der Waals surface area contributed by atoms with Crippen LogP contribution in [0, 0.1) is 5.41 Å². The van der Waals surface area contributed by atoms with Gasteiger partial charge in [-0.25, -0.2) is 4.98 Å². The lowest BCUT2D eigenvalue weighted by atomic mass is 9.63. The molecular weight excluding hydrogens is 240 g/mol. The standard InChI is InChI=1S/C15H26N2S/c1-11(2)12-10-18-13(17-12)15(16-5)9-7-6-8-14(15,3)4/h10-11,16H,6-9H2,1-5H3. The van der Waals surface area contributed by atoms with E-state index in [1.54, 1.807) is 0 Å². The fraction of sp³-hybridized carbons (Fsp3) is 0.800. The van der Waals surface area contributed by atoms with Crippen molar-refractivity contribution in [3.05, 3.63) is 16.1 Å². The summed E-state index contributed by atoms with van der Waals surface area (Å²) >= 11 is 1.84.